The first kappa shape index (κ1) is 14.6. The first-order chi connectivity index (χ1) is 9.56. The second-order valence-corrected chi connectivity index (χ2v) is 5.99. The number of nitrogens with zero attached hydrogens (tertiary/aromatic N) is 2. The quantitative estimate of drug-likeness (QED) is 0.787. The van der Waals surface area contributed by atoms with Gasteiger partial charge in [0.2, 0.25) is 5.01 Å². The molecule has 2 aromatic rings. The standard InChI is InChI=1S/C13H8BrFN2O2S/c1-2-19-13(18)12-17-10(11(14)20-12)7-3-4-9(15)8(5-7)6-16/h3-5H,2H2,1H3. The van der Waals surface area contributed by atoms with Crippen molar-refractivity contribution in [3.8, 4) is 17.3 Å². The van der Waals surface area contributed by atoms with Crippen LogP contribution in [0.15, 0.2) is 22.0 Å². The van der Waals surface area contributed by atoms with Crippen LogP contribution < -0.4 is 0 Å². The van der Waals surface area contributed by atoms with Gasteiger partial charge in [0.15, 0.2) is 0 Å². The van der Waals surface area contributed by atoms with Crippen LogP contribution in [0.3, 0.4) is 0 Å². The molecule has 0 amide bonds. The number of hydrogen-bond donors (Lipinski definition) is 0. The molecule has 0 aliphatic heterocycles. The van der Waals surface area contributed by atoms with Gasteiger partial charge in [0, 0.05) is 5.56 Å². The Labute approximate surface area is 127 Å². The number of esters is 1. The number of nitriles is 1. The van der Waals surface area contributed by atoms with Crippen molar-refractivity contribution in [2.45, 2.75) is 6.92 Å². The number of carbonyl (C=O) groups is 1. The lowest BCUT2D eigenvalue weighted by molar-refractivity contribution is 0.0526. The number of rotatable bonds is 3. The average molecular weight is 355 g/mol. The van der Waals surface area contributed by atoms with Gasteiger partial charge in [-0.3, -0.25) is 0 Å². The second kappa shape index (κ2) is 6.11. The normalized spacial score (nSPS) is 10.1. The third kappa shape index (κ3) is 2.86. The molecule has 7 heteroatoms. The van der Waals surface area contributed by atoms with Crippen molar-refractivity contribution < 1.29 is 13.9 Å². The number of aromatic nitrogens is 1. The Morgan fingerprint density at radius 1 is 1.60 bits per heavy atom. The minimum atomic E-state index is -0.590. The molecule has 0 saturated heterocycles. The highest BCUT2D eigenvalue weighted by Crippen LogP contribution is 2.34. The van der Waals surface area contributed by atoms with Crippen LogP contribution in [0.5, 0.6) is 0 Å². The van der Waals surface area contributed by atoms with Crippen LogP contribution in [0.4, 0.5) is 4.39 Å². The zero-order chi connectivity index (χ0) is 14.7. The number of ether oxygens (including phenoxy) is 1. The predicted octanol–water partition coefficient (Wildman–Crippen LogP) is 3.76. The van der Waals surface area contributed by atoms with Crippen LogP contribution in [0.2, 0.25) is 0 Å². The molecule has 0 aliphatic carbocycles. The van der Waals surface area contributed by atoms with Gasteiger partial charge in [0.25, 0.3) is 0 Å². The minimum Gasteiger partial charge on any atom is -0.461 e. The molecule has 0 unspecified atom stereocenters. The maximum absolute atomic E-state index is 13.3. The third-order valence-corrected chi connectivity index (χ3v) is 4.08. The molecule has 0 N–H and O–H groups in total. The van der Waals surface area contributed by atoms with Crippen molar-refractivity contribution in [3.05, 3.63) is 38.4 Å². The minimum absolute atomic E-state index is 0.0694. The molecule has 4 nitrogen and oxygen atoms in total. The van der Waals surface area contributed by atoms with Crippen molar-refractivity contribution in [3.63, 3.8) is 0 Å². The molecule has 0 radical (unpaired) electrons. The number of benzene rings is 1. The van der Waals surface area contributed by atoms with E-state index in [1.54, 1.807) is 13.0 Å². The molecular formula is C13H8BrFN2O2S. The summed E-state index contributed by atoms with van der Waals surface area (Å²) >= 11 is 4.44. The SMILES string of the molecule is CCOC(=O)c1nc(-c2ccc(F)c(C#N)c2)c(Br)s1. The van der Waals surface area contributed by atoms with E-state index in [0.29, 0.717) is 15.0 Å². The second-order valence-electron chi connectivity index (χ2n) is 3.67. The Bertz CT molecular complexity index is 709. The van der Waals surface area contributed by atoms with E-state index in [1.165, 1.54) is 18.2 Å². The Morgan fingerprint density at radius 2 is 2.35 bits per heavy atom. The van der Waals surface area contributed by atoms with Crippen molar-refractivity contribution in [1.82, 2.24) is 4.98 Å². The monoisotopic (exact) mass is 354 g/mol. The molecule has 20 heavy (non-hydrogen) atoms. The first-order valence-electron chi connectivity index (χ1n) is 5.60. The Hall–Kier alpha value is -1.78. The van der Waals surface area contributed by atoms with Gasteiger partial charge < -0.3 is 4.74 Å². The maximum Gasteiger partial charge on any atom is 0.367 e. The van der Waals surface area contributed by atoms with Gasteiger partial charge in [-0.05, 0) is 41.1 Å². The van der Waals surface area contributed by atoms with Crippen LogP contribution in [-0.4, -0.2) is 17.6 Å². The molecule has 0 spiro atoms. The first-order valence-corrected chi connectivity index (χ1v) is 7.21. The maximum atomic E-state index is 13.3. The highest BCUT2D eigenvalue weighted by atomic mass is 79.9. The topological polar surface area (TPSA) is 63.0 Å². The molecule has 0 atom stereocenters. The van der Waals surface area contributed by atoms with E-state index in [4.69, 9.17) is 10.00 Å². The van der Waals surface area contributed by atoms with Crippen molar-refractivity contribution in [2.24, 2.45) is 0 Å². The summed E-state index contributed by atoms with van der Waals surface area (Å²) in [4.78, 5) is 15.8. The van der Waals surface area contributed by atoms with Crippen molar-refractivity contribution in [1.29, 1.82) is 5.26 Å². The Kier molecular flexibility index (Phi) is 4.47. The summed E-state index contributed by atoms with van der Waals surface area (Å²) < 4.78 is 18.8. The van der Waals surface area contributed by atoms with E-state index in [-0.39, 0.29) is 17.2 Å². The summed E-state index contributed by atoms with van der Waals surface area (Å²) in [6.07, 6.45) is 0. The summed E-state index contributed by atoms with van der Waals surface area (Å²) in [6, 6.07) is 5.86. The van der Waals surface area contributed by atoms with E-state index >= 15 is 0 Å². The fourth-order valence-corrected chi connectivity index (χ4v) is 3.00. The van der Waals surface area contributed by atoms with Crippen LogP contribution in [0.1, 0.15) is 22.3 Å². The van der Waals surface area contributed by atoms with E-state index in [0.717, 1.165) is 11.3 Å². The number of hydrogen-bond acceptors (Lipinski definition) is 5. The molecular weight excluding hydrogens is 347 g/mol. The highest BCUT2D eigenvalue weighted by Gasteiger charge is 2.18. The molecule has 1 heterocycles. The predicted molar refractivity (Wildman–Crippen MR) is 75.9 cm³/mol. The average Bonchev–Trinajstić information content (AvgIpc) is 2.82. The molecule has 0 saturated carbocycles. The van der Waals surface area contributed by atoms with Crippen molar-refractivity contribution >= 4 is 33.2 Å². The van der Waals surface area contributed by atoms with E-state index in [2.05, 4.69) is 20.9 Å². The van der Waals surface area contributed by atoms with Crippen LogP contribution >= 0.6 is 27.3 Å². The lowest BCUT2D eigenvalue weighted by atomic mass is 10.1. The summed E-state index contributed by atoms with van der Waals surface area (Å²) in [6.45, 7) is 1.97. The van der Waals surface area contributed by atoms with E-state index < -0.39 is 11.8 Å². The van der Waals surface area contributed by atoms with Crippen molar-refractivity contribution in [2.75, 3.05) is 6.61 Å². The van der Waals surface area contributed by atoms with Gasteiger partial charge in [0.05, 0.1) is 21.7 Å². The number of carbonyl (C=O) groups excluding carboxylic acids is 1. The summed E-state index contributed by atoms with van der Waals surface area (Å²) in [5.41, 5.74) is 0.969. The third-order valence-electron chi connectivity index (χ3n) is 2.40. The zero-order valence-electron chi connectivity index (χ0n) is 10.3. The molecule has 0 bridgehead atoms. The van der Waals surface area contributed by atoms with Gasteiger partial charge >= 0.3 is 5.97 Å². The van der Waals surface area contributed by atoms with E-state index in [9.17, 15) is 9.18 Å². The number of thiazole rings is 1. The van der Waals surface area contributed by atoms with Gasteiger partial charge in [-0.15, -0.1) is 0 Å². The van der Waals surface area contributed by atoms with Gasteiger partial charge in [-0.2, -0.15) is 5.26 Å². The number of halogens is 2. The smallest absolute Gasteiger partial charge is 0.367 e. The molecule has 0 aliphatic rings. The fraction of sp³-hybridized carbons (Fsp3) is 0.154. The summed E-state index contributed by atoms with van der Waals surface area (Å²) in [5.74, 6) is -1.10. The summed E-state index contributed by atoms with van der Waals surface area (Å²) in [5, 5.41) is 9.03. The lowest BCUT2D eigenvalue weighted by Crippen LogP contribution is -2.03. The molecule has 2 rings (SSSR count). The summed E-state index contributed by atoms with van der Waals surface area (Å²) in [7, 11) is 0. The highest BCUT2D eigenvalue weighted by molar-refractivity contribution is 9.11. The van der Waals surface area contributed by atoms with Gasteiger partial charge in [-0.25, -0.2) is 14.2 Å². The largest absolute Gasteiger partial charge is 0.461 e. The Balaban J connectivity index is 2.44. The molecule has 0 fully saturated rings. The van der Waals surface area contributed by atoms with Crippen LogP contribution in [0.25, 0.3) is 11.3 Å². The fourth-order valence-electron chi connectivity index (χ4n) is 1.52. The molecule has 1 aromatic heterocycles. The van der Waals surface area contributed by atoms with E-state index in [1.807, 2.05) is 0 Å². The van der Waals surface area contributed by atoms with Crippen LogP contribution in [0, 0.1) is 17.1 Å². The zero-order valence-corrected chi connectivity index (χ0v) is 12.7. The van der Waals surface area contributed by atoms with Gasteiger partial charge in [-0.1, -0.05) is 11.3 Å². The van der Waals surface area contributed by atoms with Gasteiger partial charge in [0.1, 0.15) is 11.9 Å². The Morgan fingerprint density at radius 3 is 3.00 bits per heavy atom. The molecule has 102 valence electrons. The molecule has 1 aromatic carbocycles. The lowest BCUT2D eigenvalue weighted by Gasteiger charge is -2.00. The van der Waals surface area contributed by atoms with Crippen LogP contribution in [-0.2, 0) is 4.74 Å².